The van der Waals surface area contributed by atoms with E-state index in [1.165, 1.54) is 33.2 Å². The van der Waals surface area contributed by atoms with Crippen molar-refractivity contribution in [2.24, 2.45) is 0 Å². The van der Waals surface area contributed by atoms with Gasteiger partial charge < -0.3 is 5.11 Å². The summed E-state index contributed by atoms with van der Waals surface area (Å²) in [6.07, 6.45) is 1.90. The molecule has 7 aromatic rings. The van der Waals surface area contributed by atoms with Gasteiger partial charge in [-0.25, -0.2) is 4.98 Å². The van der Waals surface area contributed by atoms with Crippen molar-refractivity contribution in [3.05, 3.63) is 132 Å². The van der Waals surface area contributed by atoms with E-state index in [0.717, 1.165) is 50.3 Å². The van der Waals surface area contributed by atoms with Crippen LogP contribution in [0.4, 0.5) is 0 Å². The Morgan fingerprint density at radius 3 is 1.98 bits per heavy atom. The van der Waals surface area contributed by atoms with Gasteiger partial charge in [0.1, 0.15) is 11.6 Å². The van der Waals surface area contributed by atoms with Crippen LogP contribution >= 0.6 is 0 Å². The predicted octanol–water partition coefficient (Wildman–Crippen LogP) is 11.5. The molecule has 0 spiro atoms. The third kappa shape index (κ3) is 5.45. The number of pyridine rings is 2. The quantitative estimate of drug-likeness (QED) is 0.211. The van der Waals surface area contributed by atoms with E-state index in [9.17, 15) is 5.11 Å². The van der Waals surface area contributed by atoms with Crippen molar-refractivity contribution in [3.8, 4) is 45.2 Å². The largest absolute Gasteiger partial charge is 0.507 e. The first-order valence-corrected chi connectivity index (χ1v) is 16.7. The minimum atomic E-state index is -0.128. The summed E-state index contributed by atoms with van der Waals surface area (Å²) in [6.45, 7) is 17.8. The van der Waals surface area contributed by atoms with Crippen LogP contribution < -0.4 is 0 Å². The molecule has 0 amide bonds. The monoisotopic (exact) mass is 629 g/mol. The maximum Gasteiger partial charge on any atom is 0.138 e. The fraction of sp³-hybridized carbons (Fsp3) is 0.227. The highest BCUT2D eigenvalue weighted by Crippen LogP contribution is 2.44. The molecule has 48 heavy (non-hydrogen) atoms. The number of aromatic nitrogens is 3. The zero-order valence-electron chi connectivity index (χ0n) is 29.2. The Morgan fingerprint density at radius 2 is 1.27 bits per heavy atom. The summed E-state index contributed by atoms with van der Waals surface area (Å²) in [4.78, 5) is 10.2. The van der Waals surface area contributed by atoms with Crippen LogP contribution in [0.15, 0.2) is 109 Å². The molecule has 4 aromatic carbocycles. The molecule has 0 aliphatic rings. The van der Waals surface area contributed by atoms with Gasteiger partial charge in [-0.05, 0) is 112 Å². The van der Waals surface area contributed by atoms with Gasteiger partial charge in [-0.3, -0.25) is 9.55 Å². The molecule has 0 aliphatic heterocycles. The fourth-order valence-corrected chi connectivity index (χ4v) is 6.88. The maximum absolute atomic E-state index is 11.1. The third-order valence-corrected chi connectivity index (χ3v) is 9.53. The van der Waals surface area contributed by atoms with E-state index in [4.69, 9.17) is 9.97 Å². The van der Waals surface area contributed by atoms with Crippen molar-refractivity contribution < 1.29 is 5.11 Å². The van der Waals surface area contributed by atoms with Gasteiger partial charge in [0.2, 0.25) is 0 Å². The van der Waals surface area contributed by atoms with Crippen LogP contribution in [0.5, 0.6) is 5.75 Å². The van der Waals surface area contributed by atoms with Gasteiger partial charge in [-0.1, -0.05) is 96.1 Å². The van der Waals surface area contributed by atoms with Crippen molar-refractivity contribution in [2.45, 2.75) is 66.2 Å². The number of rotatable bonds is 4. The van der Waals surface area contributed by atoms with E-state index in [1.807, 2.05) is 24.4 Å². The standard InChI is InChI=1S/C44H43N3O/c1-27-14-13-15-28(2)41(27)34-22-29(32-16-10-12-19-39(32)48)23-38-42(34)33-17-9-11-18-37(33)47(38)40-26-31(44(6,7)8)25-36(46-40)35-24-30(20-21-45-35)43(3,4)5/h9-26,48H,1-8H3. The van der Waals surface area contributed by atoms with Gasteiger partial charge in [0.25, 0.3) is 0 Å². The third-order valence-electron chi connectivity index (χ3n) is 9.53. The summed E-state index contributed by atoms with van der Waals surface area (Å²) >= 11 is 0. The van der Waals surface area contributed by atoms with E-state index in [2.05, 4.69) is 139 Å². The summed E-state index contributed by atoms with van der Waals surface area (Å²) in [6, 6.07) is 35.9. The van der Waals surface area contributed by atoms with Crippen LogP contribution in [-0.4, -0.2) is 19.6 Å². The van der Waals surface area contributed by atoms with Gasteiger partial charge >= 0.3 is 0 Å². The molecule has 0 bridgehead atoms. The van der Waals surface area contributed by atoms with Crippen molar-refractivity contribution in [3.63, 3.8) is 0 Å². The van der Waals surface area contributed by atoms with Crippen LogP contribution in [0.2, 0.25) is 0 Å². The Bertz CT molecular complexity index is 2330. The number of fused-ring (bicyclic) bond motifs is 3. The number of para-hydroxylation sites is 2. The molecule has 3 aromatic heterocycles. The summed E-state index contributed by atoms with van der Waals surface area (Å²) in [7, 11) is 0. The summed E-state index contributed by atoms with van der Waals surface area (Å²) in [5.41, 5.74) is 12.6. The molecule has 3 heterocycles. The Kier molecular flexibility index (Phi) is 7.51. The van der Waals surface area contributed by atoms with Gasteiger partial charge in [0.05, 0.1) is 22.4 Å². The van der Waals surface area contributed by atoms with Crippen molar-refractivity contribution in [2.75, 3.05) is 0 Å². The number of phenolic OH excluding ortho intramolecular Hbond substituents is 1. The number of phenols is 1. The molecular formula is C44H43N3O. The van der Waals surface area contributed by atoms with Crippen LogP contribution in [0.25, 0.3) is 61.3 Å². The lowest BCUT2D eigenvalue weighted by atomic mass is 9.85. The van der Waals surface area contributed by atoms with Crippen LogP contribution in [0.3, 0.4) is 0 Å². The van der Waals surface area contributed by atoms with Gasteiger partial charge in [0.15, 0.2) is 0 Å². The van der Waals surface area contributed by atoms with Gasteiger partial charge in [-0.15, -0.1) is 0 Å². The molecule has 240 valence electrons. The zero-order chi connectivity index (χ0) is 34.0. The first kappa shape index (κ1) is 31.4. The Hall–Kier alpha value is -5.22. The van der Waals surface area contributed by atoms with E-state index >= 15 is 0 Å². The molecule has 4 nitrogen and oxygen atoms in total. The molecule has 0 saturated heterocycles. The SMILES string of the molecule is Cc1cccc(C)c1-c1cc(-c2ccccc2O)cc2c1c1ccccc1n2-c1cc(C(C)(C)C)cc(-c2cc(C(C)(C)C)ccn2)n1. The zero-order valence-corrected chi connectivity index (χ0v) is 29.2. The van der Waals surface area contributed by atoms with E-state index in [1.54, 1.807) is 6.07 Å². The minimum absolute atomic E-state index is 0.0154. The van der Waals surface area contributed by atoms with E-state index in [-0.39, 0.29) is 16.6 Å². The average molecular weight is 630 g/mol. The molecule has 7 rings (SSSR count). The molecule has 0 saturated carbocycles. The van der Waals surface area contributed by atoms with Crippen molar-refractivity contribution in [1.82, 2.24) is 14.5 Å². The van der Waals surface area contributed by atoms with Crippen LogP contribution in [0.1, 0.15) is 63.8 Å². The molecule has 0 atom stereocenters. The van der Waals surface area contributed by atoms with Crippen LogP contribution in [0, 0.1) is 13.8 Å². The lowest BCUT2D eigenvalue weighted by molar-refractivity contribution is 0.477. The van der Waals surface area contributed by atoms with Crippen molar-refractivity contribution >= 4 is 21.8 Å². The Balaban J connectivity index is 1.62. The molecule has 4 heteroatoms. The number of benzene rings is 4. The predicted molar refractivity (Wildman–Crippen MR) is 201 cm³/mol. The van der Waals surface area contributed by atoms with E-state index in [0.29, 0.717) is 0 Å². The number of hydrogen-bond acceptors (Lipinski definition) is 3. The van der Waals surface area contributed by atoms with Gasteiger partial charge in [-0.2, -0.15) is 0 Å². The second-order valence-electron chi connectivity index (χ2n) is 15.1. The molecule has 0 aliphatic carbocycles. The van der Waals surface area contributed by atoms with Gasteiger partial charge in [0, 0.05) is 22.5 Å². The summed E-state index contributed by atoms with van der Waals surface area (Å²) < 4.78 is 2.30. The Morgan fingerprint density at radius 1 is 0.604 bits per heavy atom. The number of aromatic hydroxyl groups is 1. The lowest BCUT2D eigenvalue weighted by Crippen LogP contribution is -2.14. The van der Waals surface area contributed by atoms with Crippen LogP contribution in [-0.2, 0) is 10.8 Å². The smallest absolute Gasteiger partial charge is 0.138 e. The van der Waals surface area contributed by atoms with E-state index < -0.39 is 0 Å². The highest BCUT2D eigenvalue weighted by atomic mass is 16.3. The number of aryl methyl sites for hydroxylation is 2. The Labute approximate surface area is 283 Å². The summed E-state index contributed by atoms with van der Waals surface area (Å²) in [5.74, 6) is 1.10. The molecule has 0 unspecified atom stereocenters. The number of hydrogen-bond donors (Lipinski definition) is 1. The topological polar surface area (TPSA) is 50.9 Å². The second kappa shape index (κ2) is 11.5. The molecular weight excluding hydrogens is 587 g/mol. The normalized spacial score (nSPS) is 12.2. The average Bonchev–Trinajstić information content (AvgIpc) is 3.38. The first-order chi connectivity index (χ1) is 22.8. The lowest BCUT2D eigenvalue weighted by Gasteiger charge is -2.22. The molecule has 0 radical (unpaired) electrons. The minimum Gasteiger partial charge on any atom is -0.507 e. The maximum atomic E-state index is 11.1. The highest BCUT2D eigenvalue weighted by molar-refractivity contribution is 6.17. The molecule has 1 N–H and O–H groups in total. The molecule has 0 fully saturated rings. The van der Waals surface area contributed by atoms with Crippen molar-refractivity contribution in [1.29, 1.82) is 0 Å². The first-order valence-electron chi connectivity index (χ1n) is 16.7. The number of nitrogens with zero attached hydrogens (tertiary/aromatic N) is 3. The summed E-state index contributed by atoms with van der Waals surface area (Å²) in [5, 5.41) is 13.4. The fourth-order valence-electron chi connectivity index (χ4n) is 6.88. The highest BCUT2D eigenvalue weighted by Gasteiger charge is 2.24. The second-order valence-corrected chi connectivity index (χ2v) is 15.1.